The fourth-order valence-corrected chi connectivity index (χ4v) is 2.79. The molecular weight excluding hydrogens is 441 g/mol. The summed E-state index contributed by atoms with van der Waals surface area (Å²) in [4.78, 5) is 8.88. The van der Waals surface area contributed by atoms with Crippen LogP contribution in [0.3, 0.4) is 0 Å². The van der Waals surface area contributed by atoms with Gasteiger partial charge in [0.1, 0.15) is 5.65 Å². The van der Waals surface area contributed by atoms with Gasteiger partial charge in [0.15, 0.2) is 5.96 Å². The molecule has 2 rings (SSSR count). The molecule has 0 aliphatic carbocycles. The first kappa shape index (κ1) is 22.7. The van der Waals surface area contributed by atoms with Crippen LogP contribution in [0, 0.1) is 5.92 Å². The quantitative estimate of drug-likeness (QED) is 0.334. The second kappa shape index (κ2) is 12.1. The number of nitrogens with one attached hydrogen (secondary N) is 2. The molecule has 0 spiro atoms. The SMILES string of the molecule is CCOC(CCNC(=NC)NCCc1cn2ccccc2n1)C(C)C.I. The summed E-state index contributed by atoms with van der Waals surface area (Å²) >= 11 is 0. The highest BCUT2D eigenvalue weighted by molar-refractivity contribution is 14.0. The number of aromatic nitrogens is 2. The van der Waals surface area contributed by atoms with Crippen LogP contribution in [0.4, 0.5) is 0 Å². The van der Waals surface area contributed by atoms with Gasteiger partial charge in [0.05, 0.1) is 11.8 Å². The molecule has 0 aliphatic rings. The molecule has 0 bridgehead atoms. The molecule has 6 nitrogen and oxygen atoms in total. The molecule has 146 valence electrons. The maximum atomic E-state index is 5.78. The van der Waals surface area contributed by atoms with Crippen molar-refractivity contribution in [1.82, 2.24) is 20.0 Å². The molecule has 0 radical (unpaired) electrons. The van der Waals surface area contributed by atoms with E-state index in [0.29, 0.717) is 5.92 Å². The first-order valence-electron chi connectivity index (χ1n) is 9.12. The third-order valence-electron chi connectivity index (χ3n) is 4.16. The van der Waals surface area contributed by atoms with Crippen LogP contribution < -0.4 is 10.6 Å². The lowest BCUT2D eigenvalue weighted by Crippen LogP contribution is -2.40. The zero-order chi connectivity index (χ0) is 18.1. The van der Waals surface area contributed by atoms with Gasteiger partial charge in [0.2, 0.25) is 0 Å². The van der Waals surface area contributed by atoms with Crippen molar-refractivity contribution in [1.29, 1.82) is 0 Å². The Bertz CT molecular complexity index is 638. The number of nitrogens with zero attached hydrogens (tertiary/aromatic N) is 3. The number of fused-ring (bicyclic) bond motifs is 1. The Kier molecular flexibility index (Phi) is 10.6. The van der Waals surface area contributed by atoms with E-state index < -0.39 is 0 Å². The topological polar surface area (TPSA) is 63.0 Å². The summed E-state index contributed by atoms with van der Waals surface area (Å²) in [6, 6.07) is 6.03. The minimum Gasteiger partial charge on any atom is -0.378 e. The molecule has 7 heteroatoms. The Morgan fingerprint density at radius 3 is 2.69 bits per heavy atom. The summed E-state index contributed by atoms with van der Waals surface area (Å²) in [7, 11) is 1.79. The number of hydrogen-bond donors (Lipinski definition) is 2. The van der Waals surface area contributed by atoms with E-state index in [9.17, 15) is 0 Å². The summed E-state index contributed by atoms with van der Waals surface area (Å²) in [5.41, 5.74) is 2.06. The van der Waals surface area contributed by atoms with Crippen molar-refractivity contribution >= 4 is 35.6 Å². The summed E-state index contributed by atoms with van der Waals surface area (Å²) in [5.74, 6) is 1.34. The van der Waals surface area contributed by atoms with Crippen LogP contribution >= 0.6 is 24.0 Å². The van der Waals surface area contributed by atoms with E-state index in [0.717, 1.165) is 49.8 Å². The van der Waals surface area contributed by atoms with Crippen molar-refractivity contribution in [2.75, 3.05) is 26.7 Å². The van der Waals surface area contributed by atoms with Crippen LogP contribution in [0.2, 0.25) is 0 Å². The van der Waals surface area contributed by atoms with E-state index in [1.807, 2.05) is 35.7 Å². The summed E-state index contributed by atoms with van der Waals surface area (Å²) in [6.45, 7) is 8.83. The Labute approximate surface area is 173 Å². The van der Waals surface area contributed by atoms with Crippen molar-refractivity contribution in [3.05, 3.63) is 36.3 Å². The van der Waals surface area contributed by atoms with Crippen LogP contribution in [-0.2, 0) is 11.2 Å². The fraction of sp³-hybridized carbons (Fsp3) is 0.579. The molecule has 1 atom stereocenters. The van der Waals surface area contributed by atoms with Crippen molar-refractivity contribution in [3.8, 4) is 0 Å². The molecule has 0 fully saturated rings. The van der Waals surface area contributed by atoms with E-state index in [1.165, 1.54) is 0 Å². The van der Waals surface area contributed by atoms with Crippen LogP contribution in [0.25, 0.3) is 5.65 Å². The van der Waals surface area contributed by atoms with Gasteiger partial charge in [-0.05, 0) is 31.4 Å². The highest BCUT2D eigenvalue weighted by Crippen LogP contribution is 2.10. The predicted octanol–water partition coefficient (Wildman–Crippen LogP) is 3.11. The van der Waals surface area contributed by atoms with Gasteiger partial charge >= 0.3 is 0 Å². The van der Waals surface area contributed by atoms with Crippen molar-refractivity contribution in [2.45, 2.75) is 39.7 Å². The molecule has 0 saturated heterocycles. The minimum absolute atomic E-state index is 0. The van der Waals surface area contributed by atoms with E-state index in [-0.39, 0.29) is 30.1 Å². The number of pyridine rings is 1. The lowest BCUT2D eigenvalue weighted by atomic mass is 10.0. The standard InChI is InChI=1S/C19H31N5O.HI/c1-5-25-17(15(2)3)10-12-22-19(20-4)21-11-9-16-14-24-13-7-6-8-18(24)23-16;/h6-8,13-15,17H,5,9-12H2,1-4H3,(H2,20,21,22);1H. The minimum atomic E-state index is 0. The van der Waals surface area contributed by atoms with Crippen molar-refractivity contribution in [3.63, 3.8) is 0 Å². The largest absolute Gasteiger partial charge is 0.378 e. The van der Waals surface area contributed by atoms with Gasteiger partial charge in [-0.3, -0.25) is 4.99 Å². The molecule has 0 saturated carbocycles. The zero-order valence-corrected chi connectivity index (χ0v) is 18.6. The molecule has 2 heterocycles. The summed E-state index contributed by atoms with van der Waals surface area (Å²) in [6.07, 6.45) is 6.20. The second-order valence-corrected chi connectivity index (χ2v) is 6.40. The number of imidazole rings is 1. The van der Waals surface area contributed by atoms with Crippen LogP contribution in [0.1, 0.15) is 32.9 Å². The molecule has 2 N–H and O–H groups in total. The average Bonchev–Trinajstić information content (AvgIpc) is 3.02. The van der Waals surface area contributed by atoms with E-state index in [4.69, 9.17) is 4.74 Å². The zero-order valence-electron chi connectivity index (χ0n) is 16.2. The molecular formula is C19H32IN5O. The van der Waals surface area contributed by atoms with E-state index in [1.54, 1.807) is 7.05 Å². The second-order valence-electron chi connectivity index (χ2n) is 6.40. The highest BCUT2D eigenvalue weighted by atomic mass is 127. The molecule has 0 aromatic carbocycles. The Morgan fingerprint density at radius 1 is 1.27 bits per heavy atom. The molecule has 2 aromatic heterocycles. The number of aliphatic imine (C=N–C) groups is 1. The lowest BCUT2D eigenvalue weighted by Gasteiger charge is -2.21. The summed E-state index contributed by atoms with van der Waals surface area (Å²) < 4.78 is 7.82. The Balaban J connectivity index is 0.00000338. The third-order valence-corrected chi connectivity index (χ3v) is 4.16. The van der Waals surface area contributed by atoms with Crippen LogP contribution in [0.5, 0.6) is 0 Å². The molecule has 0 aliphatic heterocycles. The van der Waals surface area contributed by atoms with Crippen molar-refractivity contribution in [2.24, 2.45) is 10.9 Å². The van der Waals surface area contributed by atoms with E-state index >= 15 is 0 Å². The molecule has 0 amide bonds. The maximum absolute atomic E-state index is 5.78. The molecule has 1 unspecified atom stereocenters. The van der Waals surface area contributed by atoms with Gasteiger partial charge in [0, 0.05) is 45.6 Å². The van der Waals surface area contributed by atoms with Crippen molar-refractivity contribution < 1.29 is 4.74 Å². The first-order valence-corrected chi connectivity index (χ1v) is 9.12. The smallest absolute Gasteiger partial charge is 0.190 e. The van der Waals surface area contributed by atoms with Gasteiger partial charge in [-0.25, -0.2) is 4.98 Å². The fourth-order valence-electron chi connectivity index (χ4n) is 2.79. The molecule has 2 aromatic rings. The number of ether oxygens (including phenoxy) is 1. The van der Waals surface area contributed by atoms with Gasteiger partial charge in [-0.2, -0.15) is 0 Å². The Morgan fingerprint density at radius 2 is 2.04 bits per heavy atom. The van der Waals surface area contributed by atoms with Gasteiger partial charge in [0.25, 0.3) is 0 Å². The van der Waals surface area contributed by atoms with Gasteiger partial charge < -0.3 is 19.8 Å². The highest BCUT2D eigenvalue weighted by Gasteiger charge is 2.12. The summed E-state index contributed by atoms with van der Waals surface area (Å²) in [5, 5.41) is 6.71. The predicted molar refractivity (Wildman–Crippen MR) is 119 cm³/mol. The normalized spacial score (nSPS) is 12.9. The van der Waals surface area contributed by atoms with Crippen LogP contribution in [0.15, 0.2) is 35.6 Å². The van der Waals surface area contributed by atoms with Gasteiger partial charge in [-0.15, -0.1) is 24.0 Å². The third kappa shape index (κ3) is 7.11. The van der Waals surface area contributed by atoms with Crippen LogP contribution in [-0.4, -0.2) is 48.2 Å². The number of rotatable bonds is 9. The molecule has 26 heavy (non-hydrogen) atoms. The van der Waals surface area contributed by atoms with Gasteiger partial charge in [-0.1, -0.05) is 19.9 Å². The maximum Gasteiger partial charge on any atom is 0.190 e. The number of hydrogen-bond acceptors (Lipinski definition) is 3. The number of guanidine groups is 1. The lowest BCUT2D eigenvalue weighted by molar-refractivity contribution is 0.0258. The number of halogens is 1. The monoisotopic (exact) mass is 473 g/mol. The first-order chi connectivity index (χ1) is 12.1. The Hall–Kier alpha value is -1.35. The average molecular weight is 473 g/mol. The van der Waals surface area contributed by atoms with E-state index in [2.05, 4.69) is 40.7 Å².